The quantitative estimate of drug-likeness (QED) is 0.645. The van der Waals surface area contributed by atoms with Crippen molar-refractivity contribution in [2.45, 2.75) is 11.8 Å². The third-order valence-corrected chi connectivity index (χ3v) is 5.05. The van der Waals surface area contributed by atoms with Gasteiger partial charge < -0.3 is 5.32 Å². The minimum Gasteiger partial charge on any atom is -0.344 e. The average Bonchev–Trinajstić information content (AvgIpc) is 2.69. The lowest BCUT2D eigenvalue weighted by Crippen LogP contribution is -2.30. The summed E-state index contributed by atoms with van der Waals surface area (Å²) in [5, 5.41) is 3.18. The van der Waals surface area contributed by atoms with Crippen LogP contribution in [0.15, 0.2) is 91.0 Å². The van der Waals surface area contributed by atoms with E-state index in [1.54, 1.807) is 0 Å². The molecule has 126 valence electrons. The van der Waals surface area contributed by atoms with Gasteiger partial charge in [0.05, 0.1) is 6.04 Å². The zero-order chi connectivity index (χ0) is 17.3. The van der Waals surface area contributed by atoms with Gasteiger partial charge in [0.25, 0.3) is 5.91 Å². The van der Waals surface area contributed by atoms with Gasteiger partial charge >= 0.3 is 0 Å². The summed E-state index contributed by atoms with van der Waals surface area (Å²) in [7, 11) is 0. The Bertz CT molecular complexity index is 775. The van der Waals surface area contributed by atoms with E-state index in [9.17, 15) is 4.79 Å². The molecule has 0 fully saturated rings. The summed E-state index contributed by atoms with van der Waals surface area (Å²) in [5.41, 5.74) is 3.12. The molecule has 0 heterocycles. The largest absolute Gasteiger partial charge is 0.344 e. The second-order valence-corrected chi connectivity index (χ2v) is 6.83. The van der Waals surface area contributed by atoms with Gasteiger partial charge in [-0.15, -0.1) is 0 Å². The molecule has 3 rings (SSSR count). The fourth-order valence-electron chi connectivity index (χ4n) is 2.61. The fourth-order valence-corrected chi connectivity index (χ4v) is 3.66. The van der Waals surface area contributed by atoms with Gasteiger partial charge in [0.1, 0.15) is 0 Å². The van der Waals surface area contributed by atoms with Crippen LogP contribution in [0.5, 0.6) is 0 Å². The van der Waals surface area contributed by atoms with E-state index in [0.29, 0.717) is 5.56 Å². The molecular weight excluding hydrogens is 326 g/mol. The van der Waals surface area contributed by atoms with Crippen LogP contribution in [-0.2, 0) is 5.75 Å². The molecule has 1 atom stereocenters. The molecule has 0 aromatic heterocycles. The van der Waals surface area contributed by atoms with E-state index in [-0.39, 0.29) is 11.9 Å². The van der Waals surface area contributed by atoms with Crippen LogP contribution in [0.4, 0.5) is 0 Å². The van der Waals surface area contributed by atoms with Crippen molar-refractivity contribution in [2.24, 2.45) is 0 Å². The summed E-state index contributed by atoms with van der Waals surface area (Å²) in [6.45, 7) is 0. The van der Waals surface area contributed by atoms with Gasteiger partial charge in [-0.2, -0.15) is 11.8 Å². The molecule has 0 saturated heterocycles. The molecule has 0 saturated carbocycles. The molecular formula is C22H21NOS. The Hall–Kier alpha value is -2.52. The summed E-state index contributed by atoms with van der Waals surface area (Å²) in [5.74, 6) is 1.73. The Morgan fingerprint density at radius 3 is 2.00 bits per heavy atom. The van der Waals surface area contributed by atoms with E-state index in [2.05, 4.69) is 41.7 Å². The van der Waals surface area contributed by atoms with Crippen molar-refractivity contribution < 1.29 is 4.79 Å². The Kier molecular flexibility index (Phi) is 6.29. The van der Waals surface area contributed by atoms with E-state index in [1.165, 1.54) is 5.56 Å². The number of benzene rings is 3. The highest BCUT2D eigenvalue weighted by Crippen LogP contribution is 2.22. The van der Waals surface area contributed by atoms with Crippen LogP contribution in [0.1, 0.15) is 27.5 Å². The maximum atomic E-state index is 12.5. The van der Waals surface area contributed by atoms with Crippen LogP contribution in [0.25, 0.3) is 0 Å². The predicted molar refractivity (Wildman–Crippen MR) is 106 cm³/mol. The second kappa shape index (κ2) is 9.09. The van der Waals surface area contributed by atoms with Crippen molar-refractivity contribution in [3.05, 3.63) is 108 Å². The molecule has 3 heteroatoms. The molecule has 1 amide bonds. The predicted octanol–water partition coefficient (Wildman–Crippen LogP) is 5.09. The van der Waals surface area contributed by atoms with Crippen molar-refractivity contribution in [2.75, 3.05) is 5.75 Å². The van der Waals surface area contributed by atoms with Crippen LogP contribution in [0.3, 0.4) is 0 Å². The number of rotatable bonds is 7. The van der Waals surface area contributed by atoms with Gasteiger partial charge in [-0.3, -0.25) is 4.79 Å². The molecule has 0 aliphatic rings. The van der Waals surface area contributed by atoms with Gasteiger partial charge in [-0.1, -0.05) is 78.9 Å². The monoisotopic (exact) mass is 347 g/mol. The molecule has 1 unspecified atom stereocenters. The number of hydrogen-bond donors (Lipinski definition) is 1. The lowest BCUT2D eigenvalue weighted by Gasteiger charge is -2.19. The maximum absolute atomic E-state index is 12.5. The van der Waals surface area contributed by atoms with Crippen LogP contribution >= 0.6 is 11.8 Å². The Balaban J connectivity index is 1.66. The first kappa shape index (κ1) is 17.3. The standard InChI is InChI=1S/C22H21NOS/c24-22(20-14-8-3-9-15-20)23-21(19-12-6-2-7-13-19)17-25-16-18-10-4-1-5-11-18/h1-15,21H,16-17H2,(H,23,24). The molecule has 0 aliphatic carbocycles. The van der Waals surface area contributed by atoms with Crippen molar-refractivity contribution in [3.63, 3.8) is 0 Å². The first-order valence-electron chi connectivity index (χ1n) is 8.35. The lowest BCUT2D eigenvalue weighted by molar-refractivity contribution is 0.0940. The van der Waals surface area contributed by atoms with Crippen LogP contribution < -0.4 is 5.32 Å². The highest BCUT2D eigenvalue weighted by Gasteiger charge is 2.15. The number of carbonyl (C=O) groups excluding carboxylic acids is 1. The summed E-state index contributed by atoms with van der Waals surface area (Å²) in [6, 6.07) is 29.9. The van der Waals surface area contributed by atoms with Crippen LogP contribution in [0.2, 0.25) is 0 Å². The summed E-state index contributed by atoms with van der Waals surface area (Å²) < 4.78 is 0. The second-order valence-electron chi connectivity index (χ2n) is 5.80. The smallest absolute Gasteiger partial charge is 0.251 e. The molecule has 0 spiro atoms. The van der Waals surface area contributed by atoms with E-state index in [4.69, 9.17) is 0 Å². The topological polar surface area (TPSA) is 29.1 Å². The highest BCUT2D eigenvalue weighted by atomic mass is 32.2. The van der Waals surface area contributed by atoms with Crippen LogP contribution in [0, 0.1) is 0 Å². The third kappa shape index (κ3) is 5.23. The van der Waals surface area contributed by atoms with Gasteiger partial charge in [0, 0.05) is 17.1 Å². The van der Waals surface area contributed by atoms with Crippen molar-refractivity contribution in [1.29, 1.82) is 0 Å². The van der Waals surface area contributed by atoms with E-state index < -0.39 is 0 Å². The van der Waals surface area contributed by atoms with Crippen molar-refractivity contribution in [3.8, 4) is 0 Å². The Labute approximate surface area is 153 Å². The van der Waals surface area contributed by atoms with E-state index >= 15 is 0 Å². The fraction of sp³-hybridized carbons (Fsp3) is 0.136. The summed E-state index contributed by atoms with van der Waals surface area (Å²) in [4.78, 5) is 12.5. The maximum Gasteiger partial charge on any atom is 0.251 e. The van der Waals surface area contributed by atoms with Crippen molar-refractivity contribution >= 4 is 17.7 Å². The average molecular weight is 347 g/mol. The number of thioether (sulfide) groups is 1. The molecule has 25 heavy (non-hydrogen) atoms. The molecule has 0 bridgehead atoms. The molecule has 3 aromatic rings. The molecule has 3 aromatic carbocycles. The molecule has 2 nitrogen and oxygen atoms in total. The van der Waals surface area contributed by atoms with Gasteiger partial charge in [-0.05, 0) is 23.3 Å². The molecule has 1 N–H and O–H groups in total. The van der Waals surface area contributed by atoms with E-state index in [0.717, 1.165) is 17.1 Å². The third-order valence-electron chi connectivity index (χ3n) is 3.94. The van der Waals surface area contributed by atoms with E-state index in [1.807, 2.05) is 66.4 Å². The highest BCUT2D eigenvalue weighted by molar-refractivity contribution is 7.98. The number of amides is 1. The van der Waals surface area contributed by atoms with Gasteiger partial charge in [0.15, 0.2) is 0 Å². The SMILES string of the molecule is O=C(NC(CSCc1ccccc1)c1ccccc1)c1ccccc1. The first-order chi connectivity index (χ1) is 12.3. The van der Waals surface area contributed by atoms with Gasteiger partial charge in [0.2, 0.25) is 0 Å². The lowest BCUT2D eigenvalue weighted by atomic mass is 10.1. The molecule has 0 aliphatic heterocycles. The van der Waals surface area contributed by atoms with Crippen LogP contribution in [-0.4, -0.2) is 11.7 Å². The number of nitrogens with one attached hydrogen (secondary N) is 1. The van der Waals surface area contributed by atoms with Gasteiger partial charge in [-0.25, -0.2) is 0 Å². The normalized spacial score (nSPS) is 11.7. The first-order valence-corrected chi connectivity index (χ1v) is 9.51. The zero-order valence-corrected chi connectivity index (χ0v) is 14.8. The summed E-state index contributed by atoms with van der Waals surface area (Å²) >= 11 is 1.83. The Morgan fingerprint density at radius 2 is 1.36 bits per heavy atom. The zero-order valence-electron chi connectivity index (χ0n) is 14.0. The minimum atomic E-state index is -0.0326. The molecule has 0 radical (unpaired) electrons. The Morgan fingerprint density at radius 1 is 0.800 bits per heavy atom. The number of carbonyl (C=O) groups is 1. The van der Waals surface area contributed by atoms with Crippen molar-refractivity contribution in [1.82, 2.24) is 5.32 Å². The number of hydrogen-bond acceptors (Lipinski definition) is 2. The minimum absolute atomic E-state index is 0.0115. The summed E-state index contributed by atoms with van der Waals surface area (Å²) in [6.07, 6.45) is 0.